The van der Waals surface area contributed by atoms with Crippen molar-refractivity contribution in [2.24, 2.45) is 0 Å². The molecule has 0 spiro atoms. The highest BCUT2D eigenvalue weighted by atomic mass is 16.5. The number of carbonyl (C=O) groups is 1. The number of hydrogen-bond acceptors (Lipinski definition) is 3. The molecule has 5 heteroatoms. The van der Waals surface area contributed by atoms with Gasteiger partial charge in [-0.3, -0.25) is 9.48 Å². The van der Waals surface area contributed by atoms with Crippen LogP contribution in [0.2, 0.25) is 0 Å². The predicted molar refractivity (Wildman–Crippen MR) is 101 cm³/mol. The number of hydrogen-bond donors (Lipinski definition) is 1. The van der Waals surface area contributed by atoms with Crippen LogP contribution < -0.4 is 10.1 Å². The van der Waals surface area contributed by atoms with Gasteiger partial charge < -0.3 is 10.1 Å². The SMILES string of the molecule is CCc1c(C(=O)NCc2cccc(OC)c2)cnn1Cc1ccccc1. The summed E-state index contributed by atoms with van der Waals surface area (Å²) in [4.78, 5) is 12.6. The van der Waals surface area contributed by atoms with Crippen molar-refractivity contribution in [3.63, 3.8) is 0 Å². The van der Waals surface area contributed by atoms with E-state index in [0.717, 1.165) is 29.0 Å². The molecule has 0 aliphatic heterocycles. The highest BCUT2D eigenvalue weighted by Gasteiger charge is 2.16. The van der Waals surface area contributed by atoms with Crippen LogP contribution in [0.1, 0.15) is 34.1 Å². The van der Waals surface area contributed by atoms with Crippen LogP contribution in [0.4, 0.5) is 0 Å². The minimum atomic E-state index is -0.107. The summed E-state index contributed by atoms with van der Waals surface area (Å²) >= 11 is 0. The third-order valence-corrected chi connectivity index (χ3v) is 4.29. The summed E-state index contributed by atoms with van der Waals surface area (Å²) in [5.41, 5.74) is 3.73. The molecule has 1 amide bonds. The molecule has 0 saturated heterocycles. The maximum absolute atomic E-state index is 12.6. The Balaban J connectivity index is 1.71. The molecule has 1 N–H and O–H groups in total. The summed E-state index contributed by atoms with van der Waals surface area (Å²) in [5.74, 6) is 0.672. The second-order valence-corrected chi connectivity index (χ2v) is 6.04. The van der Waals surface area contributed by atoms with Crippen LogP contribution in [0.25, 0.3) is 0 Å². The van der Waals surface area contributed by atoms with Gasteiger partial charge in [-0.05, 0) is 29.7 Å². The van der Waals surface area contributed by atoms with E-state index >= 15 is 0 Å². The number of rotatable bonds is 7. The number of nitrogens with one attached hydrogen (secondary N) is 1. The molecule has 0 aliphatic rings. The van der Waals surface area contributed by atoms with Gasteiger partial charge in [-0.2, -0.15) is 5.10 Å². The molecule has 0 bridgehead atoms. The molecule has 5 nitrogen and oxygen atoms in total. The molecule has 3 aromatic rings. The number of ether oxygens (including phenoxy) is 1. The first-order chi connectivity index (χ1) is 12.7. The molecule has 0 radical (unpaired) electrons. The van der Waals surface area contributed by atoms with Gasteiger partial charge in [0.2, 0.25) is 0 Å². The van der Waals surface area contributed by atoms with E-state index < -0.39 is 0 Å². The standard InChI is InChI=1S/C21H23N3O2/c1-3-20-19(14-23-24(20)15-16-8-5-4-6-9-16)21(25)22-13-17-10-7-11-18(12-17)26-2/h4-12,14H,3,13,15H2,1-2H3,(H,22,25). The lowest BCUT2D eigenvalue weighted by Crippen LogP contribution is -2.24. The van der Waals surface area contributed by atoms with Crippen LogP contribution in [0, 0.1) is 0 Å². The van der Waals surface area contributed by atoms with E-state index in [0.29, 0.717) is 18.7 Å². The predicted octanol–water partition coefficient (Wildman–Crippen LogP) is 3.43. The van der Waals surface area contributed by atoms with Gasteiger partial charge in [-0.25, -0.2) is 0 Å². The zero-order valence-corrected chi connectivity index (χ0v) is 15.1. The summed E-state index contributed by atoms with van der Waals surface area (Å²) in [6.07, 6.45) is 2.40. The molecule has 1 aromatic heterocycles. The largest absolute Gasteiger partial charge is 0.497 e. The molecule has 26 heavy (non-hydrogen) atoms. The van der Waals surface area contributed by atoms with Crippen LogP contribution in [-0.2, 0) is 19.5 Å². The van der Waals surface area contributed by atoms with Crippen molar-refractivity contribution in [1.82, 2.24) is 15.1 Å². The lowest BCUT2D eigenvalue weighted by atomic mass is 10.1. The molecule has 0 aliphatic carbocycles. The lowest BCUT2D eigenvalue weighted by molar-refractivity contribution is 0.0950. The molecular formula is C21H23N3O2. The van der Waals surface area contributed by atoms with Gasteiger partial charge in [0.05, 0.1) is 31.1 Å². The van der Waals surface area contributed by atoms with Crippen molar-refractivity contribution in [2.45, 2.75) is 26.4 Å². The number of aromatic nitrogens is 2. The van der Waals surface area contributed by atoms with Crippen LogP contribution >= 0.6 is 0 Å². The summed E-state index contributed by atoms with van der Waals surface area (Å²) in [5, 5.41) is 7.39. The fourth-order valence-electron chi connectivity index (χ4n) is 2.93. The zero-order chi connectivity index (χ0) is 18.4. The highest BCUT2D eigenvalue weighted by molar-refractivity contribution is 5.95. The fourth-order valence-corrected chi connectivity index (χ4v) is 2.93. The van der Waals surface area contributed by atoms with Crippen LogP contribution in [-0.4, -0.2) is 22.8 Å². The smallest absolute Gasteiger partial charge is 0.255 e. The van der Waals surface area contributed by atoms with E-state index in [4.69, 9.17) is 4.74 Å². The van der Waals surface area contributed by atoms with Gasteiger partial charge in [0, 0.05) is 6.54 Å². The fraction of sp³-hybridized carbons (Fsp3) is 0.238. The van der Waals surface area contributed by atoms with Gasteiger partial charge in [-0.1, -0.05) is 49.4 Å². The Hall–Kier alpha value is -3.08. The molecular weight excluding hydrogens is 326 g/mol. The number of methoxy groups -OCH3 is 1. The number of benzene rings is 2. The summed E-state index contributed by atoms with van der Waals surface area (Å²) in [6, 6.07) is 17.8. The summed E-state index contributed by atoms with van der Waals surface area (Å²) in [6.45, 7) is 3.15. The first-order valence-corrected chi connectivity index (χ1v) is 8.71. The minimum Gasteiger partial charge on any atom is -0.497 e. The third-order valence-electron chi connectivity index (χ3n) is 4.29. The molecule has 1 heterocycles. The van der Waals surface area contributed by atoms with Crippen molar-refractivity contribution in [3.8, 4) is 5.75 Å². The molecule has 0 fully saturated rings. The average molecular weight is 349 g/mol. The molecule has 0 unspecified atom stereocenters. The second kappa shape index (κ2) is 8.34. The van der Waals surface area contributed by atoms with Crippen molar-refractivity contribution >= 4 is 5.91 Å². The van der Waals surface area contributed by atoms with E-state index in [2.05, 4.69) is 22.5 Å². The van der Waals surface area contributed by atoms with E-state index in [-0.39, 0.29) is 5.91 Å². The Labute approximate surface area is 153 Å². The van der Waals surface area contributed by atoms with Crippen molar-refractivity contribution in [1.29, 1.82) is 0 Å². The lowest BCUT2D eigenvalue weighted by Gasteiger charge is -2.09. The van der Waals surface area contributed by atoms with Gasteiger partial charge in [0.1, 0.15) is 5.75 Å². The first kappa shape index (κ1) is 17.7. The van der Waals surface area contributed by atoms with E-state index in [9.17, 15) is 4.79 Å². The summed E-state index contributed by atoms with van der Waals surface area (Å²) < 4.78 is 7.12. The molecule has 0 saturated carbocycles. The maximum atomic E-state index is 12.6. The topological polar surface area (TPSA) is 56.1 Å². The van der Waals surface area contributed by atoms with Crippen LogP contribution in [0.15, 0.2) is 60.8 Å². The number of amides is 1. The van der Waals surface area contributed by atoms with Crippen LogP contribution in [0.3, 0.4) is 0 Å². The number of carbonyl (C=O) groups excluding carboxylic acids is 1. The quantitative estimate of drug-likeness (QED) is 0.711. The Morgan fingerprint density at radius 2 is 1.88 bits per heavy atom. The van der Waals surface area contributed by atoms with Crippen LogP contribution in [0.5, 0.6) is 5.75 Å². The molecule has 3 rings (SSSR count). The van der Waals surface area contributed by atoms with Crippen molar-refractivity contribution in [3.05, 3.63) is 83.2 Å². The third kappa shape index (κ3) is 4.11. The van der Waals surface area contributed by atoms with Gasteiger partial charge in [0.15, 0.2) is 0 Å². The van der Waals surface area contributed by atoms with Gasteiger partial charge in [-0.15, -0.1) is 0 Å². The van der Waals surface area contributed by atoms with Crippen molar-refractivity contribution < 1.29 is 9.53 Å². The van der Waals surface area contributed by atoms with E-state index in [1.807, 2.05) is 54.1 Å². The average Bonchev–Trinajstić information content (AvgIpc) is 3.09. The highest BCUT2D eigenvalue weighted by Crippen LogP contribution is 2.14. The van der Waals surface area contributed by atoms with E-state index in [1.165, 1.54) is 0 Å². The first-order valence-electron chi connectivity index (χ1n) is 8.71. The Morgan fingerprint density at radius 3 is 2.62 bits per heavy atom. The number of nitrogens with zero attached hydrogens (tertiary/aromatic N) is 2. The van der Waals surface area contributed by atoms with E-state index in [1.54, 1.807) is 13.3 Å². The molecule has 0 atom stereocenters. The zero-order valence-electron chi connectivity index (χ0n) is 15.1. The Bertz CT molecular complexity index is 872. The molecule has 134 valence electrons. The Morgan fingerprint density at radius 1 is 1.12 bits per heavy atom. The molecule has 2 aromatic carbocycles. The normalized spacial score (nSPS) is 10.5. The van der Waals surface area contributed by atoms with Gasteiger partial charge >= 0.3 is 0 Å². The second-order valence-electron chi connectivity index (χ2n) is 6.04. The summed E-state index contributed by atoms with van der Waals surface area (Å²) in [7, 11) is 1.63. The minimum absolute atomic E-state index is 0.107. The van der Waals surface area contributed by atoms with Crippen molar-refractivity contribution in [2.75, 3.05) is 7.11 Å². The maximum Gasteiger partial charge on any atom is 0.255 e. The monoisotopic (exact) mass is 349 g/mol. The van der Waals surface area contributed by atoms with Gasteiger partial charge in [0.25, 0.3) is 5.91 Å². The Kier molecular flexibility index (Phi) is 5.69.